The summed E-state index contributed by atoms with van der Waals surface area (Å²) in [6.07, 6.45) is 7.16. The molecule has 0 aromatic heterocycles. The van der Waals surface area contributed by atoms with Crippen LogP contribution in [-0.2, 0) is 19.1 Å². The van der Waals surface area contributed by atoms with E-state index in [9.17, 15) is 9.59 Å². The Labute approximate surface area is 102 Å². The molecule has 98 valence electrons. The van der Waals surface area contributed by atoms with Crippen LogP contribution < -0.4 is 5.73 Å². The van der Waals surface area contributed by atoms with E-state index in [1.165, 1.54) is 19.3 Å². The summed E-state index contributed by atoms with van der Waals surface area (Å²) in [5.74, 6) is -1.20. The number of nitrogens with two attached hydrogens (primary N) is 1. The Balaban J connectivity index is 1.99. The molecule has 2 N–H and O–H groups in total. The highest BCUT2D eigenvalue weighted by atomic mass is 16.6. The van der Waals surface area contributed by atoms with Gasteiger partial charge in [-0.3, -0.25) is 9.59 Å². The summed E-state index contributed by atoms with van der Waals surface area (Å²) in [5.41, 5.74) is 5.02. The molecule has 0 spiro atoms. The first kappa shape index (κ1) is 14.1. The lowest BCUT2D eigenvalue weighted by Crippen LogP contribution is -2.21. The predicted molar refractivity (Wildman–Crippen MR) is 62.2 cm³/mol. The molecule has 5 nitrogen and oxygen atoms in total. The molecule has 0 heterocycles. The van der Waals surface area contributed by atoms with E-state index >= 15 is 0 Å². The molecule has 5 heteroatoms. The summed E-state index contributed by atoms with van der Waals surface area (Å²) in [7, 11) is 0. The Morgan fingerprint density at radius 1 is 1.12 bits per heavy atom. The van der Waals surface area contributed by atoms with Gasteiger partial charge in [-0.15, -0.1) is 0 Å². The molecule has 0 radical (unpaired) electrons. The van der Waals surface area contributed by atoms with Gasteiger partial charge in [-0.2, -0.15) is 0 Å². The van der Waals surface area contributed by atoms with Crippen molar-refractivity contribution in [1.29, 1.82) is 0 Å². The van der Waals surface area contributed by atoms with Crippen molar-refractivity contribution < 1.29 is 19.1 Å². The van der Waals surface area contributed by atoms with Crippen molar-refractivity contribution in [3.8, 4) is 0 Å². The molecule has 0 saturated heterocycles. The van der Waals surface area contributed by atoms with Gasteiger partial charge in [0.2, 0.25) is 0 Å². The Hall–Kier alpha value is -0.940. The second-order valence-corrected chi connectivity index (χ2v) is 4.28. The zero-order valence-corrected chi connectivity index (χ0v) is 10.2. The lowest BCUT2D eigenvalue weighted by Gasteiger charge is -2.21. The van der Waals surface area contributed by atoms with Gasteiger partial charge in [0.05, 0.1) is 12.6 Å². The van der Waals surface area contributed by atoms with Crippen LogP contribution in [0.5, 0.6) is 0 Å². The van der Waals surface area contributed by atoms with Crippen LogP contribution in [0.15, 0.2) is 0 Å². The second-order valence-electron chi connectivity index (χ2n) is 4.28. The normalized spacial score (nSPS) is 16.8. The van der Waals surface area contributed by atoms with Gasteiger partial charge in [-0.05, 0) is 19.3 Å². The number of hydrogen-bond donors (Lipinski definition) is 1. The molecular formula is C12H21NO4. The number of hydrogen-bond acceptors (Lipinski definition) is 5. The van der Waals surface area contributed by atoms with Crippen molar-refractivity contribution in [3.63, 3.8) is 0 Å². The fourth-order valence-electron chi connectivity index (χ4n) is 1.92. The standard InChI is InChI=1S/C12H21NO4/c13-9-12(15)17-11(14)7-4-8-16-10-5-2-1-3-6-10/h10H,1-9,13H2. The number of carbonyl (C=O) groups is 2. The molecule has 1 fully saturated rings. The molecule has 0 unspecified atom stereocenters. The second kappa shape index (κ2) is 8.20. The molecule has 0 aliphatic heterocycles. The molecular weight excluding hydrogens is 222 g/mol. The largest absolute Gasteiger partial charge is 0.392 e. The van der Waals surface area contributed by atoms with E-state index in [1.54, 1.807) is 0 Å². The maximum absolute atomic E-state index is 11.1. The summed E-state index contributed by atoms with van der Waals surface area (Å²) in [4.78, 5) is 21.8. The highest BCUT2D eigenvalue weighted by molar-refractivity contribution is 5.86. The minimum atomic E-state index is -0.678. The summed E-state index contributed by atoms with van der Waals surface area (Å²) in [5, 5.41) is 0. The first-order valence-corrected chi connectivity index (χ1v) is 6.27. The van der Waals surface area contributed by atoms with Crippen molar-refractivity contribution in [3.05, 3.63) is 0 Å². The summed E-state index contributed by atoms with van der Waals surface area (Å²) in [6.45, 7) is 0.293. The number of carbonyl (C=O) groups excluding carboxylic acids is 2. The van der Waals surface area contributed by atoms with Crippen LogP contribution in [0.3, 0.4) is 0 Å². The first-order valence-electron chi connectivity index (χ1n) is 6.27. The lowest BCUT2D eigenvalue weighted by molar-refractivity contribution is -0.158. The van der Waals surface area contributed by atoms with E-state index in [0.29, 0.717) is 19.1 Å². The van der Waals surface area contributed by atoms with Crippen LogP contribution in [0.1, 0.15) is 44.9 Å². The van der Waals surface area contributed by atoms with E-state index < -0.39 is 11.9 Å². The van der Waals surface area contributed by atoms with Crippen molar-refractivity contribution in [2.75, 3.05) is 13.2 Å². The number of ether oxygens (including phenoxy) is 2. The monoisotopic (exact) mass is 243 g/mol. The van der Waals surface area contributed by atoms with E-state index in [-0.39, 0.29) is 13.0 Å². The smallest absolute Gasteiger partial charge is 0.327 e. The first-order chi connectivity index (χ1) is 8.22. The summed E-state index contributed by atoms with van der Waals surface area (Å²) in [6, 6.07) is 0. The van der Waals surface area contributed by atoms with Gasteiger partial charge in [0.25, 0.3) is 0 Å². The lowest BCUT2D eigenvalue weighted by atomic mass is 9.98. The highest BCUT2D eigenvalue weighted by Crippen LogP contribution is 2.20. The molecule has 0 bridgehead atoms. The summed E-state index contributed by atoms with van der Waals surface area (Å²) < 4.78 is 10.1. The van der Waals surface area contributed by atoms with Gasteiger partial charge < -0.3 is 15.2 Å². The minimum Gasteiger partial charge on any atom is -0.392 e. The topological polar surface area (TPSA) is 78.6 Å². The zero-order chi connectivity index (χ0) is 12.5. The van der Waals surface area contributed by atoms with Crippen molar-refractivity contribution >= 4 is 11.9 Å². The van der Waals surface area contributed by atoms with Crippen LogP contribution in [0.2, 0.25) is 0 Å². The summed E-state index contributed by atoms with van der Waals surface area (Å²) >= 11 is 0. The van der Waals surface area contributed by atoms with Gasteiger partial charge in [-0.25, -0.2) is 0 Å². The Bertz CT molecular complexity index is 249. The quantitative estimate of drug-likeness (QED) is 0.430. The fraction of sp³-hybridized carbons (Fsp3) is 0.833. The van der Waals surface area contributed by atoms with Crippen LogP contribution >= 0.6 is 0 Å². The van der Waals surface area contributed by atoms with Gasteiger partial charge in [-0.1, -0.05) is 19.3 Å². The van der Waals surface area contributed by atoms with Crippen LogP contribution in [0, 0.1) is 0 Å². The SMILES string of the molecule is NCC(=O)OC(=O)CCCOC1CCCCC1. The molecule has 0 aromatic carbocycles. The molecule has 0 atom stereocenters. The third-order valence-electron chi connectivity index (χ3n) is 2.83. The Morgan fingerprint density at radius 2 is 1.82 bits per heavy atom. The third-order valence-corrected chi connectivity index (χ3v) is 2.83. The number of esters is 2. The van der Waals surface area contributed by atoms with Crippen molar-refractivity contribution in [2.45, 2.75) is 51.0 Å². The highest BCUT2D eigenvalue weighted by Gasteiger charge is 2.14. The molecule has 1 aliphatic carbocycles. The maximum Gasteiger partial charge on any atom is 0.327 e. The van der Waals surface area contributed by atoms with Crippen LogP contribution in [-0.4, -0.2) is 31.2 Å². The van der Waals surface area contributed by atoms with E-state index in [2.05, 4.69) is 4.74 Å². The third kappa shape index (κ3) is 6.38. The Morgan fingerprint density at radius 3 is 2.47 bits per heavy atom. The average molecular weight is 243 g/mol. The average Bonchev–Trinajstić information content (AvgIpc) is 2.36. The predicted octanol–water partition coefficient (Wildman–Crippen LogP) is 1.14. The molecule has 17 heavy (non-hydrogen) atoms. The van der Waals surface area contributed by atoms with Crippen molar-refractivity contribution in [1.82, 2.24) is 0 Å². The minimum absolute atomic E-state index is 0.207. The van der Waals surface area contributed by atoms with E-state index in [4.69, 9.17) is 10.5 Å². The molecule has 0 aromatic rings. The van der Waals surface area contributed by atoms with E-state index in [0.717, 1.165) is 12.8 Å². The molecule has 1 saturated carbocycles. The van der Waals surface area contributed by atoms with Crippen molar-refractivity contribution in [2.24, 2.45) is 5.73 Å². The molecule has 1 rings (SSSR count). The van der Waals surface area contributed by atoms with Gasteiger partial charge in [0, 0.05) is 13.0 Å². The zero-order valence-electron chi connectivity index (χ0n) is 10.2. The van der Waals surface area contributed by atoms with Crippen LogP contribution in [0.4, 0.5) is 0 Å². The van der Waals surface area contributed by atoms with Gasteiger partial charge in [0.15, 0.2) is 0 Å². The number of rotatable bonds is 6. The van der Waals surface area contributed by atoms with Crippen LogP contribution in [0.25, 0.3) is 0 Å². The molecule has 1 aliphatic rings. The van der Waals surface area contributed by atoms with Gasteiger partial charge >= 0.3 is 11.9 Å². The maximum atomic E-state index is 11.1. The van der Waals surface area contributed by atoms with E-state index in [1.807, 2.05) is 0 Å². The fourth-order valence-corrected chi connectivity index (χ4v) is 1.92. The van der Waals surface area contributed by atoms with Gasteiger partial charge in [0.1, 0.15) is 0 Å². The molecule has 0 amide bonds. The Kier molecular flexibility index (Phi) is 6.81.